The number of amides is 2. The molecule has 26 heavy (non-hydrogen) atoms. The molecule has 2 amide bonds. The molecule has 2 aliphatic heterocycles. The van der Waals surface area contributed by atoms with Gasteiger partial charge in [0.15, 0.2) is 5.66 Å². The first-order chi connectivity index (χ1) is 12.6. The number of carbonyl (C=O) groups is 2. The molecule has 2 heterocycles. The van der Waals surface area contributed by atoms with Crippen LogP contribution in [0.2, 0.25) is 0 Å². The van der Waals surface area contributed by atoms with E-state index >= 15 is 0 Å². The third-order valence-corrected chi connectivity index (χ3v) is 4.60. The normalized spacial score (nSPS) is 18.0. The number of nitrogens with zero attached hydrogens (tertiary/aromatic N) is 3. The van der Waals surface area contributed by atoms with Crippen LogP contribution >= 0.6 is 0 Å². The average Bonchev–Trinajstić information content (AvgIpc) is 3.41. The van der Waals surface area contributed by atoms with Gasteiger partial charge in [-0.15, -0.1) is 12.3 Å². The average molecular weight is 353 g/mol. The maximum Gasteiger partial charge on any atom is 0.251 e. The van der Waals surface area contributed by atoms with E-state index in [2.05, 4.69) is 31.7 Å². The Morgan fingerprint density at radius 1 is 1.31 bits per heavy atom. The highest BCUT2D eigenvalue weighted by Gasteiger charge is 2.38. The summed E-state index contributed by atoms with van der Waals surface area (Å²) in [6.45, 7) is 3.16. The Balaban J connectivity index is 1.43. The molecule has 0 aliphatic carbocycles. The molecule has 2 N–H and O–H groups in total. The molecule has 7 heteroatoms. The molecule has 0 radical (unpaired) electrons. The minimum atomic E-state index is -0.371. The number of hydrogen-bond acceptors (Lipinski definition) is 5. The number of benzene rings is 1. The van der Waals surface area contributed by atoms with E-state index in [1.54, 1.807) is 0 Å². The molecule has 0 unspecified atom stereocenters. The van der Waals surface area contributed by atoms with E-state index in [1.807, 2.05) is 24.3 Å². The van der Waals surface area contributed by atoms with Gasteiger partial charge in [-0.3, -0.25) is 14.5 Å². The zero-order chi connectivity index (χ0) is 18.4. The zero-order valence-corrected chi connectivity index (χ0v) is 14.7. The molecule has 2 aliphatic rings. The maximum absolute atomic E-state index is 12.2. The van der Waals surface area contributed by atoms with Crippen LogP contribution in [0.25, 0.3) is 0 Å². The van der Waals surface area contributed by atoms with Crippen LogP contribution < -0.4 is 10.6 Å². The largest absolute Gasteiger partial charge is 0.354 e. The Labute approximate surface area is 153 Å². The molecular weight excluding hydrogens is 330 g/mol. The number of rotatable bonds is 8. The summed E-state index contributed by atoms with van der Waals surface area (Å²) in [7, 11) is 0. The second-order valence-electron chi connectivity index (χ2n) is 6.65. The first-order valence-electron chi connectivity index (χ1n) is 8.84. The third kappa shape index (κ3) is 4.90. The van der Waals surface area contributed by atoms with Gasteiger partial charge in [0.05, 0.1) is 6.54 Å². The predicted molar refractivity (Wildman–Crippen MR) is 97.3 cm³/mol. The summed E-state index contributed by atoms with van der Waals surface area (Å²) in [4.78, 5) is 25.7. The Kier molecular flexibility index (Phi) is 5.64. The van der Waals surface area contributed by atoms with Crippen molar-refractivity contribution < 1.29 is 9.59 Å². The third-order valence-electron chi connectivity index (χ3n) is 4.60. The fourth-order valence-electron chi connectivity index (χ4n) is 2.99. The van der Waals surface area contributed by atoms with Gasteiger partial charge in [-0.05, 0) is 17.7 Å². The lowest BCUT2D eigenvalue weighted by Crippen LogP contribution is -2.47. The molecule has 3 rings (SSSR count). The lowest BCUT2D eigenvalue weighted by molar-refractivity contribution is -0.124. The SMILES string of the molecule is C#CCCC1(CCNC(=O)c2ccc(CN3CCNC(=O)C3)cc2)N=N1. The molecule has 0 spiro atoms. The second kappa shape index (κ2) is 8.11. The molecule has 0 bridgehead atoms. The molecule has 1 fully saturated rings. The van der Waals surface area contributed by atoms with E-state index in [9.17, 15) is 9.59 Å². The molecule has 7 nitrogen and oxygen atoms in total. The van der Waals surface area contributed by atoms with Crippen LogP contribution in [0, 0.1) is 12.3 Å². The van der Waals surface area contributed by atoms with Gasteiger partial charge in [0.25, 0.3) is 5.91 Å². The highest BCUT2D eigenvalue weighted by molar-refractivity contribution is 5.94. The van der Waals surface area contributed by atoms with Crippen molar-refractivity contribution in [3.8, 4) is 12.3 Å². The molecule has 0 saturated carbocycles. The topological polar surface area (TPSA) is 86.2 Å². The molecule has 0 atom stereocenters. The number of hydrogen-bond donors (Lipinski definition) is 2. The van der Waals surface area contributed by atoms with E-state index in [4.69, 9.17) is 6.42 Å². The number of terminal acetylenes is 1. The molecular formula is C19H23N5O2. The van der Waals surface area contributed by atoms with Gasteiger partial charge in [0.2, 0.25) is 5.91 Å². The fraction of sp³-hybridized carbons (Fsp3) is 0.474. The molecule has 0 aromatic heterocycles. The van der Waals surface area contributed by atoms with Crippen LogP contribution in [-0.4, -0.2) is 48.6 Å². The van der Waals surface area contributed by atoms with Gasteiger partial charge in [-0.2, -0.15) is 10.2 Å². The van der Waals surface area contributed by atoms with Crippen molar-refractivity contribution in [2.75, 3.05) is 26.2 Å². The summed E-state index contributed by atoms with van der Waals surface area (Å²) in [5.74, 6) is 2.54. The van der Waals surface area contributed by atoms with Gasteiger partial charge in [-0.1, -0.05) is 12.1 Å². The second-order valence-corrected chi connectivity index (χ2v) is 6.65. The first kappa shape index (κ1) is 18.1. The first-order valence-corrected chi connectivity index (χ1v) is 8.84. The Bertz CT molecular complexity index is 729. The van der Waals surface area contributed by atoms with Crippen LogP contribution in [0.15, 0.2) is 34.5 Å². The van der Waals surface area contributed by atoms with E-state index in [0.717, 1.165) is 18.5 Å². The summed E-state index contributed by atoms with van der Waals surface area (Å²) < 4.78 is 0. The number of nitrogens with one attached hydrogen (secondary N) is 2. The van der Waals surface area contributed by atoms with Gasteiger partial charge in [0, 0.05) is 51.0 Å². The zero-order valence-electron chi connectivity index (χ0n) is 14.7. The standard InChI is InChI=1S/C19H23N5O2/c1-2-3-8-19(22-23-19)9-10-21-18(26)16-6-4-15(5-7-16)13-24-12-11-20-17(25)14-24/h1,4-7H,3,8-14H2,(H,20,25)(H,21,26). The van der Waals surface area contributed by atoms with Gasteiger partial charge in [-0.25, -0.2) is 0 Å². The Morgan fingerprint density at radius 2 is 2.08 bits per heavy atom. The van der Waals surface area contributed by atoms with E-state index < -0.39 is 0 Å². The smallest absolute Gasteiger partial charge is 0.251 e. The molecule has 1 aromatic rings. The van der Waals surface area contributed by atoms with E-state index in [0.29, 0.717) is 44.6 Å². The minimum Gasteiger partial charge on any atom is -0.354 e. The Hall–Kier alpha value is -2.72. The predicted octanol–water partition coefficient (Wildman–Crippen LogP) is 1.31. The van der Waals surface area contributed by atoms with Crippen LogP contribution in [0.3, 0.4) is 0 Å². The Morgan fingerprint density at radius 3 is 2.73 bits per heavy atom. The van der Waals surface area contributed by atoms with Crippen molar-refractivity contribution >= 4 is 11.8 Å². The van der Waals surface area contributed by atoms with Crippen LogP contribution in [0.1, 0.15) is 35.2 Å². The maximum atomic E-state index is 12.2. The van der Waals surface area contributed by atoms with Crippen molar-refractivity contribution in [1.29, 1.82) is 0 Å². The molecule has 1 aromatic carbocycles. The van der Waals surface area contributed by atoms with Crippen molar-refractivity contribution in [1.82, 2.24) is 15.5 Å². The van der Waals surface area contributed by atoms with Crippen LogP contribution in [0.5, 0.6) is 0 Å². The van der Waals surface area contributed by atoms with Gasteiger partial charge in [0.1, 0.15) is 0 Å². The lowest BCUT2D eigenvalue weighted by atomic mass is 10.0. The minimum absolute atomic E-state index is 0.0568. The van der Waals surface area contributed by atoms with Crippen LogP contribution in [-0.2, 0) is 11.3 Å². The van der Waals surface area contributed by atoms with E-state index in [-0.39, 0.29) is 17.5 Å². The molecule has 1 saturated heterocycles. The van der Waals surface area contributed by atoms with Gasteiger partial charge >= 0.3 is 0 Å². The number of carbonyl (C=O) groups excluding carboxylic acids is 2. The van der Waals surface area contributed by atoms with Crippen molar-refractivity contribution in [3.63, 3.8) is 0 Å². The van der Waals surface area contributed by atoms with Crippen molar-refractivity contribution in [2.24, 2.45) is 10.2 Å². The summed E-state index contributed by atoms with van der Waals surface area (Å²) in [5, 5.41) is 13.8. The summed E-state index contributed by atoms with van der Waals surface area (Å²) >= 11 is 0. The summed E-state index contributed by atoms with van der Waals surface area (Å²) in [5.41, 5.74) is 1.33. The summed E-state index contributed by atoms with van der Waals surface area (Å²) in [6, 6.07) is 7.49. The van der Waals surface area contributed by atoms with Crippen molar-refractivity contribution in [3.05, 3.63) is 35.4 Å². The quantitative estimate of drug-likeness (QED) is 0.691. The lowest BCUT2D eigenvalue weighted by Gasteiger charge is -2.26. The van der Waals surface area contributed by atoms with Gasteiger partial charge < -0.3 is 10.6 Å². The van der Waals surface area contributed by atoms with E-state index in [1.165, 1.54) is 0 Å². The monoisotopic (exact) mass is 353 g/mol. The fourth-order valence-corrected chi connectivity index (χ4v) is 2.99. The highest BCUT2D eigenvalue weighted by atomic mass is 16.2. The number of piperazine rings is 1. The summed E-state index contributed by atoms with van der Waals surface area (Å²) in [6.07, 6.45) is 7.32. The highest BCUT2D eigenvalue weighted by Crippen LogP contribution is 2.36. The van der Waals surface area contributed by atoms with Crippen LogP contribution in [0.4, 0.5) is 0 Å². The van der Waals surface area contributed by atoms with Crippen molar-refractivity contribution in [2.45, 2.75) is 31.5 Å². The molecule has 136 valence electrons.